The van der Waals surface area contributed by atoms with Gasteiger partial charge in [0.15, 0.2) is 17.3 Å². The third-order valence-corrected chi connectivity index (χ3v) is 4.97. The van der Waals surface area contributed by atoms with Gasteiger partial charge < -0.3 is 24.3 Å². The fourth-order valence-corrected chi connectivity index (χ4v) is 3.16. The Kier molecular flexibility index (Phi) is 7.77. The Labute approximate surface area is 186 Å². The molecule has 3 rings (SSSR count). The van der Waals surface area contributed by atoms with Crippen LogP contribution in [0.2, 0.25) is 0 Å². The summed E-state index contributed by atoms with van der Waals surface area (Å²) in [5.74, 6) is 0.666. The summed E-state index contributed by atoms with van der Waals surface area (Å²) < 4.78 is 21.8. The number of anilines is 1. The highest BCUT2D eigenvalue weighted by Gasteiger charge is 2.24. The second kappa shape index (κ2) is 10.7. The van der Waals surface area contributed by atoms with Crippen LogP contribution in [0, 0.1) is 0 Å². The number of fused-ring (bicyclic) bond motifs is 1. The molecule has 0 unspecified atom stereocenters. The van der Waals surface area contributed by atoms with Crippen molar-refractivity contribution in [3.05, 3.63) is 42.1 Å². The summed E-state index contributed by atoms with van der Waals surface area (Å²) in [6.45, 7) is 4.72. The van der Waals surface area contributed by atoms with Crippen LogP contribution < -0.4 is 14.8 Å². The van der Waals surface area contributed by atoms with Gasteiger partial charge in [-0.2, -0.15) is 0 Å². The third kappa shape index (κ3) is 5.23. The summed E-state index contributed by atoms with van der Waals surface area (Å²) in [5, 5.41) is 3.56. The fourth-order valence-electron chi connectivity index (χ4n) is 3.16. The lowest BCUT2D eigenvalue weighted by Gasteiger charge is -2.20. The van der Waals surface area contributed by atoms with Crippen LogP contribution in [0.1, 0.15) is 26.7 Å². The van der Waals surface area contributed by atoms with E-state index in [1.165, 1.54) is 25.6 Å². The van der Waals surface area contributed by atoms with Crippen molar-refractivity contribution in [1.82, 2.24) is 9.97 Å². The zero-order chi connectivity index (χ0) is 23.1. The van der Waals surface area contributed by atoms with Crippen molar-refractivity contribution in [3.8, 4) is 11.5 Å². The van der Waals surface area contributed by atoms with E-state index in [1.807, 2.05) is 13.8 Å². The van der Waals surface area contributed by atoms with Gasteiger partial charge in [0.2, 0.25) is 11.6 Å². The standard InChI is InChI=1S/C23H27N3O6/c1-5-14(6-2)32-20-12-18(27)17(10-19(20)28)26-23-15-9-21(30-4)22(31-8-7-29-3)11-16(15)24-13-25-23/h9-14H,5-8H2,1-4H3,(H,24,25,26). The molecule has 0 saturated heterocycles. The topological polar surface area (TPSA) is 109 Å². The van der Waals surface area contributed by atoms with E-state index >= 15 is 0 Å². The number of ketones is 2. The molecule has 0 fully saturated rings. The second-order valence-electron chi connectivity index (χ2n) is 7.06. The minimum Gasteiger partial charge on any atom is -0.493 e. The monoisotopic (exact) mass is 441 g/mol. The molecule has 1 heterocycles. The molecule has 1 aliphatic rings. The molecule has 0 radical (unpaired) electrons. The van der Waals surface area contributed by atoms with Gasteiger partial charge in [-0.3, -0.25) is 9.59 Å². The summed E-state index contributed by atoms with van der Waals surface area (Å²) in [6, 6.07) is 3.44. The van der Waals surface area contributed by atoms with E-state index in [9.17, 15) is 9.59 Å². The molecule has 1 aromatic carbocycles. The van der Waals surface area contributed by atoms with Gasteiger partial charge in [-0.1, -0.05) is 13.8 Å². The SMILES string of the molecule is CCC(CC)OC1=CC(=O)C(Nc2ncnc3cc(OCCOC)c(OC)cc23)=CC1=O. The van der Waals surface area contributed by atoms with Crippen LogP contribution in [0.25, 0.3) is 10.9 Å². The molecular formula is C23H27N3O6. The number of methoxy groups -OCH3 is 2. The van der Waals surface area contributed by atoms with E-state index in [1.54, 1.807) is 19.2 Å². The number of rotatable bonds is 11. The lowest BCUT2D eigenvalue weighted by atomic mass is 10.1. The molecule has 0 bridgehead atoms. The normalized spacial score (nSPS) is 13.8. The first-order valence-corrected chi connectivity index (χ1v) is 10.4. The first kappa shape index (κ1) is 23.2. The largest absolute Gasteiger partial charge is 0.493 e. The van der Waals surface area contributed by atoms with Crippen molar-refractivity contribution in [1.29, 1.82) is 0 Å². The Bertz CT molecular complexity index is 1060. The molecule has 9 heteroatoms. The molecule has 0 atom stereocenters. The van der Waals surface area contributed by atoms with Crippen molar-refractivity contribution in [3.63, 3.8) is 0 Å². The molecule has 170 valence electrons. The van der Waals surface area contributed by atoms with Gasteiger partial charge in [-0.25, -0.2) is 9.97 Å². The molecule has 9 nitrogen and oxygen atoms in total. The van der Waals surface area contributed by atoms with Gasteiger partial charge in [-0.05, 0) is 18.9 Å². The highest BCUT2D eigenvalue weighted by molar-refractivity contribution is 6.20. The minimum atomic E-state index is -0.372. The number of carbonyl (C=O) groups excluding carboxylic acids is 2. The Morgan fingerprint density at radius 2 is 1.75 bits per heavy atom. The van der Waals surface area contributed by atoms with Crippen molar-refractivity contribution in [2.45, 2.75) is 32.8 Å². The highest BCUT2D eigenvalue weighted by atomic mass is 16.5. The number of nitrogens with zero attached hydrogens (tertiary/aromatic N) is 2. The zero-order valence-corrected chi connectivity index (χ0v) is 18.6. The van der Waals surface area contributed by atoms with Gasteiger partial charge in [0.1, 0.15) is 18.8 Å². The van der Waals surface area contributed by atoms with E-state index in [0.717, 1.165) is 12.8 Å². The Morgan fingerprint density at radius 3 is 2.44 bits per heavy atom. The number of hydrogen-bond acceptors (Lipinski definition) is 9. The third-order valence-electron chi connectivity index (χ3n) is 4.97. The van der Waals surface area contributed by atoms with Crippen LogP contribution in [0.15, 0.2) is 42.1 Å². The number of nitrogens with one attached hydrogen (secondary N) is 1. The first-order chi connectivity index (χ1) is 15.5. The maximum Gasteiger partial charge on any atom is 0.222 e. The predicted octanol–water partition coefficient (Wildman–Crippen LogP) is 3.20. The molecule has 1 N–H and O–H groups in total. The molecule has 0 spiro atoms. The van der Waals surface area contributed by atoms with Crippen LogP contribution in [-0.2, 0) is 19.1 Å². The minimum absolute atomic E-state index is 0.0568. The van der Waals surface area contributed by atoms with Gasteiger partial charge in [0.05, 0.1) is 31.0 Å². The van der Waals surface area contributed by atoms with Gasteiger partial charge in [0, 0.05) is 30.7 Å². The highest BCUT2D eigenvalue weighted by Crippen LogP contribution is 2.34. The molecule has 0 amide bonds. The average molecular weight is 441 g/mol. The second-order valence-corrected chi connectivity index (χ2v) is 7.06. The number of benzene rings is 1. The molecule has 2 aromatic rings. The summed E-state index contributed by atoms with van der Waals surface area (Å²) in [6.07, 6.45) is 5.19. The van der Waals surface area contributed by atoms with Crippen molar-refractivity contribution in [2.24, 2.45) is 0 Å². The lowest BCUT2D eigenvalue weighted by molar-refractivity contribution is -0.118. The number of allylic oxidation sites excluding steroid dienone is 2. The number of hydrogen-bond donors (Lipinski definition) is 1. The smallest absolute Gasteiger partial charge is 0.222 e. The van der Waals surface area contributed by atoms with Crippen molar-refractivity contribution < 1.29 is 28.5 Å². The van der Waals surface area contributed by atoms with Gasteiger partial charge in [0.25, 0.3) is 0 Å². The fraction of sp³-hybridized carbons (Fsp3) is 0.391. The Balaban J connectivity index is 1.86. The van der Waals surface area contributed by atoms with Crippen LogP contribution in [0.4, 0.5) is 5.82 Å². The maximum absolute atomic E-state index is 12.6. The summed E-state index contributed by atoms with van der Waals surface area (Å²) in [4.78, 5) is 33.6. The van der Waals surface area contributed by atoms with Gasteiger partial charge in [-0.15, -0.1) is 0 Å². The van der Waals surface area contributed by atoms with E-state index < -0.39 is 0 Å². The van der Waals surface area contributed by atoms with E-state index in [4.69, 9.17) is 18.9 Å². The Hall–Kier alpha value is -3.46. The molecule has 32 heavy (non-hydrogen) atoms. The molecule has 1 aromatic heterocycles. The van der Waals surface area contributed by atoms with Crippen molar-refractivity contribution >= 4 is 28.3 Å². The number of aromatic nitrogens is 2. The van der Waals surface area contributed by atoms with Gasteiger partial charge >= 0.3 is 0 Å². The number of ether oxygens (including phenoxy) is 4. The Morgan fingerprint density at radius 1 is 0.969 bits per heavy atom. The zero-order valence-electron chi connectivity index (χ0n) is 18.6. The summed E-state index contributed by atoms with van der Waals surface area (Å²) in [5.41, 5.74) is 0.686. The van der Waals surface area contributed by atoms with E-state index in [0.29, 0.717) is 41.4 Å². The van der Waals surface area contributed by atoms with Crippen LogP contribution in [0.3, 0.4) is 0 Å². The van der Waals surface area contributed by atoms with Crippen LogP contribution in [-0.4, -0.2) is 55.1 Å². The van der Waals surface area contributed by atoms with Crippen molar-refractivity contribution in [2.75, 3.05) is 32.8 Å². The van der Waals surface area contributed by atoms with E-state index in [-0.39, 0.29) is 29.1 Å². The molecule has 1 aliphatic carbocycles. The molecule has 0 aliphatic heterocycles. The molecular weight excluding hydrogens is 414 g/mol. The summed E-state index contributed by atoms with van der Waals surface area (Å²) in [7, 11) is 3.12. The lowest BCUT2D eigenvalue weighted by Crippen LogP contribution is -2.22. The summed E-state index contributed by atoms with van der Waals surface area (Å²) >= 11 is 0. The quantitative estimate of drug-likeness (QED) is 0.415. The first-order valence-electron chi connectivity index (χ1n) is 10.4. The average Bonchev–Trinajstić information content (AvgIpc) is 2.80. The van der Waals surface area contributed by atoms with Crippen LogP contribution >= 0.6 is 0 Å². The number of carbonyl (C=O) groups is 2. The van der Waals surface area contributed by atoms with E-state index in [2.05, 4.69) is 15.3 Å². The maximum atomic E-state index is 12.6. The molecule has 0 saturated carbocycles. The predicted molar refractivity (Wildman–Crippen MR) is 119 cm³/mol. The van der Waals surface area contributed by atoms with Crippen LogP contribution in [0.5, 0.6) is 11.5 Å².